The molecule has 0 aliphatic carbocycles. The molecule has 6 nitrogen and oxygen atoms in total. The summed E-state index contributed by atoms with van der Waals surface area (Å²) in [6.07, 6.45) is 44.1. The summed E-state index contributed by atoms with van der Waals surface area (Å²) in [5.74, 6) is -0.910. The average molecular weight is 717 g/mol. The molecule has 0 aromatic heterocycles. The maximum absolute atomic E-state index is 12.7. The van der Waals surface area contributed by atoms with Gasteiger partial charge in [0.05, 0.1) is 0 Å². The molecule has 0 spiro atoms. The van der Waals surface area contributed by atoms with Crippen molar-refractivity contribution >= 4 is 17.9 Å². The topological polar surface area (TPSA) is 78.9 Å². The highest BCUT2D eigenvalue weighted by Crippen LogP contribution is 2.13. The zero-order valence-electron chi connectivity index (χ0n) is 33.6. The number of hydrogen-bond donors (Lipinski definition) is 0. The Balaban J connectivity index is 4.38. The van der Waals surface area contributed by atoms with E-state index in [-0.39, 0.29) is 31.1 Å². The van der Waals surface area contributed by atoms with Crippen molar-refractivity contribution in [1.29, 1.82) is 0 Å². The molecule has 0 aromatic carbocycles. The van der Waals surface area contributed by atoms with Gasteiger partial charge in [0.25, 0.3) is 0 Å². The van der Waals surface area contributed by atoms with Crippen molar-refractivity contribution in [2.45, 2.75) is 219 Å². The molecule has 0 aromatic rings. The summed E-state index contributed by atoms with van der Waals surface area (Å²) in [5.41, 5.74) is 0. The van der Waals surface area contributed by atoms with Gasteiger partial charge in [-0.15, -0.1) is 0 Å². The van der Waals surface area contributed by atoms with E-state index in [0.717, 1.165) is 96.3 Å². The molecule has 0 saturated heterocycles. The zero-order chi connectivity index (χ0) is 37.3. The Morgan fingerprint density at radius 2 is 0.745 bits per heavy atom. The molecular weight excluding hydrogens is 636 g/mol. The van der Waals surface area contributed by atoms with Crippen LogP contribution in [0.4, 0.5) is 0 Å². The molecule has 0 radical (unpaired) electrons. The molecule has 0 bridgehead atoms. The summed E-state index contributed by atoms with van der Waals surface area (Å²) in [4.78, 5) is 37.5. The standard InChI is InChI=1S/C45H80O6/c1-4-7-10-13-16-19-21-23-25-26-29-32-35-38-44(47)50-41-42(40-49-43(46)37-34-31-28-18-15-12-9-6-3)51-45(48)39-36-33-30-27-24-22-20-17-14-11-8-5-2/h10,13,17,19-21,42H,4-9,11-12,14-16,18,22-41H2,1-3H3/b13-10-,20-17-,21-19-. The van der Waals surface area contributed by atoms with E-state index in [4.69, 9.17) is 14.2 Å². The number of carbonyl (C=O) groups excluding carboxylic acids is 3. The molecule has 0 fully saturated rings. The van der Waals surface area contributed by atoms with Gasteiger partial charge in [-0.1, -0.05) is 160 Å². The molecule has 1 unspecified atom stereocenters. The minimum Gasteiger partial charge on any atom is -0.462 e. The van der Waals surface area contributed by atoms with Gasteiger partial charge in [0.15, 0.2) is 6.10 Å². The Labute approximate surface area is 315 Å². The Hall–Kier alpha value is -2.37. The highest BCUT2D eigenvalue weighted by atomic mass is 16.6. The molecule has 1 atom stereocenters. The van der Waals surface area contributed by atoms with Crippen molar-refractivity contribution in [2.24, 2.45) is 0 Å². The van der Waals surface area contributed by atoms with Crippen LogP contribution < -0.4 is 0 Å². The summed E-state index contributed by atoms with van der Waals surface area (Å²) in [5, 5.41) is 0. The molecule has 6 heteroatoms. The quantitative estimate of drug-likeness (QED) is 0.0274. The maximum atomic E-state index is 12.7. The molecule has 51 heavy (non-hydrogen) atoms. The lowest BCUT2D eigenvalue weighted by atomic mass is 10.1. The second kappa shape index (κ2) is 40.4. The first-order chi connectivity index (χ1) is 25.0. The first-order valence-corrected chi connectivity index (χ1v) is 21.5. The van der Waals surface area contributed by atoms with E-state index in [1.165, 1.54) is 77.0 Å². The van der Waals surface area contributed by atoms with Crippen molar-refractivity contribution in [1.82, 2.24) is 0 Å². The Morgan fingerprint density at radius 1 is 0.392 bits per heavy atom. The summed E-state index contributed by atoms with van der Waals surface area (Å²) < 4.78 is 16.6. The molecule has 0 heterocycles. The number of carbonyl (C=O) groups is 3. The third-order valence-corrected chi connectivity index (χ3v) is 9.10. The van der Waals surface area contributed by atoms with E-state index in [1.54, 1.807) is 0 Å². The summed E-state index contributed by atoms with van der Waals surface area (Å²) in [6.45, 7) is 6.48. The minimum atomic E-state index is -0.775. The molecule has 0 aliphatic heterocycles. The van der Waals surface area contributed by atoms with Gasteiger partial charge in [0, 0.05) is 19.3 Å². The average Bonchev–Trinajstić information content (AvgIpc) is 3.12. The fourth-order valence-electron chi connectivity index (χ4n) is 5.83. The largest absolute Gasteiger partial charge is 0.462 e. The highest BCUT2D eigenvalue weighted by molar-refractivity contribution is 5.71. The van der Waals surface area contributed by atoms with Crippen molar-refractivity contribution in [3.05, 3.63) is 36.5 Å². The Bertz CT molecular complexity index is 876. The van der Waals surface area contributed by atoms with Gasteiger partial charge in [0.1, 0.15) is 13.2 Å². The zero-order valence-corrected chi connectivity index (χ0v) is 33.6. The molecule has 0 amide bonds. The second-order valence-electron chi connectivity index (χ2n) is 14.3. The molecule has 0 aliphatic rings. The number of allylic oxidation sites excluding steroid dienone is 6. The van der Waals surface area contributed by atoms with Crippen molar-refractivity contribution in [2.75, 3.05) is 13.2 Å². The lowest BCUT2D eigenvalue weighted by Gasteiger charge is -2.18. The fraction of sp³-hybridized carbons (Fsp3) is 0.800. The number of ether oxygens (including phenoxy) is 3. The van der Waals surface area contributed by atoms with Crippen LogP contribution in [0.1, 0.15) is 213 Å². The fourth-order valence-corrected chi connectivity index (χ4v) is 5.83. The Kier molecular flexibility index (Phi) is 38.5. The first kappa shape index (κ1) is 48.6. The van der Waals surface area contributed by atoms with Crippen LogP contribution in [0.15, 0.2) is 36.5 Å². The summed E-state index contributed by atoms with van der Waals surface area (Å²) in [6, 6.07) is 0. The molecule has 296 valence electrons. The van der Waals surface area contributed by atoms with E-state index in [2.05, 4.69) is 57.2 Å². The van der Waals surface area contributed by atoms with Gasteiger partial charge in [-0.25, -0.2) is 0 Å². The van der Waals surface area contributed by atoms with Crippen LogP contribution in [0.3, 0.4) is 0 Å². The van der Waals surface area contributed by atoms with E-state index >= 15 is 0 Å². The van der Waals surface area contributed by atoms with Crippen LogP contribution in [0.2, 0.25) is 0 Å². The maximum Gasteiger partial charge on any atom is 0.306 e. The van der Waals surface area contributed by atoms with Gasteiger partial charge < -0.3 is 14.2 Å². The van der Waals surface area contributed by atoms with Crippen molar-refractivity contribution in [3.8, 4) is 0 Å². The van der Waals surface area contributed by atoms with Crippen LogP contribution in [0.5, 0.6) is 0 Å². The number of rotatable bonds is 38. The van der Waals surface area contributed by atoms with Gasteiger partial charge in [-0.2, -0.15) is 0 Å². The van der Waals surface area contributed by atoms with E-state index in [9.17, 15) is 14.4 Å². The second-order valence-corrected chi connectivity index (χ2v) is 14.3. The van der Waals surface area contributed by atoms with Crippen molar-refractivity contribution in [3.63, 3.8) is 0 Å². The third kappa shape index (κ3) is 38.7. The van der Waals surface area contributed by atoms with Gasteiger partial charge in [-0.05, 0) is 70.6 Å². The van der Waals surface area contributed by atoms with E-state index in [1.807, 2.05) is 0 Å². The molecular formula is C45H80O6. The summed E-state index contributed by atoms with van der Waals surface area (Å²) >= 11 is 0. The van der Waals surface area contributed by atoms with E-state index < -0.39 is 6.10 Å². The van der Waals surface area contributed by atoms with Gasteiger partial charge >= 0.3 is 17.9 Å². The predicted octanol–water partition coefficient (Wildman–Crippen LogP) is 13.4. The monoisotopic (exact) mass is 717 g/mol. The molecule has 0 rings (SSSR count). The SMILES string of the molecule is CCC/C=C\C/C=C\CCCCCCCC(=O)OCC(COC(=O)CCCCCCCCCC)OC(=O)CCCCCCC/C=C\CCCCC. The van der Waals surface area contributed by atoms with Crippen molar-refractivity contribution < 1.29 is 28.6 Å². The minimum absolute atomic E-state index is 0.0791. The molecule has 0 saturated carbocycles. The highest BCUT2D eigenvalue weighted by Gasteiger charge is 2.19. The normalized spacial score (nSPS) is 12.3. The lowest BCUT2D eigenvalue weighted by Crippen LogP contribution is -2.30. The first-order valence-electron chi connectivity index (χ1n) is 21.5. The number of unbranched alkanes of at least 4 members (excludes halogenated alkanes) is 21. The summed E-state index contributed by atoms with van der Waals surface area (Å²) in [7, 11) is 0. The van der Waals surface area contributed by atoms with E-state index in [0.29, 0.717) is 19.3 Å². The van der Waals surface area contributed by atoms with Crippen LogP contribution in [-0.2, 0) is 28.6 Å². The smallest absolute Gasteiger partial charge is 0.306 e. The van der Waals surface area contributed by atoms with Gasteiger partial charge in [0.2, 0.25) is 0 Å². The van der Waals surface area contributed by atoms with Gasteiger partial charge in [-0.3, -0.25) is 14.4 Å². The number of esters is 3. The van der Waals surface area contributed by atoms with Crippen LogP contribution in [0, 0.1) is 0 Å². The predicted molar refractivity (Wildman–Crippen MR) is 215 cm³/mol. The van der Waals surface area contributed by atoms with Crippen LogP contribution >= 0.6 is 0 Å². The Morgan fingerprint density at radius 3 is 1.22 bits per heavy atom. The van der Waals surface area contributed by atoms with Crippen LogP contribution in [-0.4, -0.2) is 37.2 Å². The molecule has 0 N–H and O–H groups in total. The third-order valence-electron chi connectivity index (χ3n) is 9.10. The van der Waals surface area contributed by atoms with Crippen LogP contribution in [0.25, 0.3) is 0 Å². The number of hydrogen-bond acceptors (Lipinski definition) is 6. The lowest BCUT2D eigenvalue weighted by molar-refractivity contribution is -0.167.